The summed E-state index contributed by atoms with van der Waals surface area (Å²) in [7, 11) is 0. The van der Waals surface area contributed by atoms with Crippen LogP contribution in [0.25, 0.3) is 23.0 Å². The van der Waals surface area contributed by atoms with E-state index in [0.717, 1.165) is 16.8 Å². The number of rotatable bonds is 8. The molecule has 0 fully saturated rings. The highest BCUT2D eigenvalue weighted by molar-refractivity contribution is 5.99. The Morgan fingerprint density at radius 1 is 1.00 bits per heavy atom. The maximum absolute atomic E-state index is 12.1. The van der Waals surface area contributed by atoms with Crippen LogP contribution in [0.3, 0.4) is 0 Å². The average molecular weight is 521 g/mol. The number of carbonyl (C=O) groups is 1. The number of carbonyl (C=O) groups excluding carboxylic acids is 1. The van der Waals surface area contributed by atoms with Crippen molar-refractivity contribution in [1.82, 2.24) is 30.5 Å². The summed E-state index contributed by atoms with van der Waals surface area (Å²) in [5.74, 6) is 1.07. The van der Waals surface area contributed by atoms with Crippen LogP contribution < -0.4 is 16.0 Å². The van der Waals surface area contributed by atoms with Crippen LogP contribution in [0.4, 0.5) is 17.5 Å². The topological polar surface area (TPSA) is 151 Å². The van der Waals surface area contributed by atoms with Crippen LogP contribution in [0, 0.1) is 0 Å². The molecule has 194 valence electrons. The molecule has 4 heterocycles. The summed E-state index contributed by atoms with van der Waals surface area (Å²) in [6.45, 7) is 1.76. The SMILES string of the molecule is CC1NC(=O)c2ccc(Nc3ncc(-c4nnc(-c5ccccn5)o4)c(N[C@H](CO)c4ccccc4)n3)cc21. The zero-order valence-corrected chi connectivity index (χ0v) is 20.9. The molecule has 1 unspecified atom stereocenters. The summed E-state index contributed by atoms with van der Waals surface area (Å²) >= 11 is 0. The van der Waals surface area contributed by atoms with Crippen molar-refractivity contribution in [1.29, 1.82) is 0 Å². The quantitative estimate of drug-likeness (QED) is 0.233. The van der Waals surface area contributed by atoms with E-state index in [2.05, 4.69) is 36.1 Å². The van der Waals surface area contributed by atoms with Crippen LogP contribution in [0.1, 0.15) is 40.5 Å². The Balaban J connectivity index is 1.36. The van der Waals surface area contributed by atoms with Gasteiger partial charge in [-0.2, -0.15) is 4.98 Å². The van der Waals surface area contributed by atoms with Crippen molar-refractivity contribution in [2.75, 3.05) is 17.2 Å². The molecule has 1 aliphatic heterocycles. The molecule has 2 atom stereocenters. The Kier molecular flexibility index (Phi) is 6.39. The first kappa shape index (κ1) is 24.2. The van der Waals surface area contributed by atoms with Gasteiger partial charge in [0.2, 0.25) is 5.95 Å². The summed E-state index contributed by atoms with van der Waals surface area (Å²) in [5, 5.41) is 27.9. The first-order chi connectivity index (χ1) is 19.1. The second-order valence-corrected chi connectivity index (χ2v) is 9.00. The fraction of sp³-hybridized carbons (Fsp3) is 0.143. The third-order valence-electron chi connectivity index (χ3n) is 6.39. The van der Waals surface area contributed by atoms with Crippen molar-refractivity contribution in [3.63, 3.8) is 0 Å². The minimum atomic E-state index is -0.455. The number of amides is 1. The summed E-state index contributed by atoms with van der Waals surface area (Å²) < 4.78 is 5.92. The van der Waals surface area contributed by atoms with E-state index in [-0.39, 0.29) is 30.3 Å². The van der Waals surface area contributed by atoms with Gasteiger partial charge in [0.1, 0.15) is 11.5 Å². The van der Waals surface area contributed by atoms with Crippen molar-refractivity contribution < 1.29 is 14.3 Å². The van der Waals surface area contributed by atoms with Crippen molar-refractivity contribution in [2.45, 2.75) is 19.0 Å². The highest BCUT2D eigenvalue weighted by atomic mass is 16.4. The number of nitrogens with zero attached hydrogens (tertiary/aromatic N) is 5. The molecule has 0 aliphatic carbocycles. The van der Waals surface area contributed by atoms with Crippen LogP contribution in [-0.4, -0.2) is 42.8 Å². The monoisotopic (exact) mass is 520 g/mol. The lowest BCUT2D eigenvalue weighted by Crippen LogP contribution is -2.17. The molecule has 11 nitrogen and oxygen atoms in total. The highest BCUT2D eigenvalue weighted by Gasteiger charge is 2.25. The van der Waals surface area contributed by atoms with E-state index >= 15 is 0 Å². The van der Waals surface area contributed by atoms with Crippen molar-refractivity contribution in [3.05, 3.63) is 95.8 Å². The molecule has 2 aromatic carbocycles. The maximum Gasteiger partial charge on any atom is 0.266 e. The normalized spacial score (nSPS) is 14.9. The number of aliphatic hydroxyl groups is 1. The lowest BCUT2D eigenvalue weighted by molar-refractivity contribution is 0.0958. The largest absolute Gasteiger partial charge is 0.414 e. The number of nitrogens with one attached hydrogen (secondary N) is 3. The van der Waals surface area contributed by atoms with E-state index in [4.69, 9.17) is 9.40 Å². The Bertz CT molecular complexity index is 1620. The van der Waals surface area contributed by atoms with E-state index in [0.29, 0.717) is 28.6 Å². The zero-order chi connectivity index (χ0) is 26.8. The molecular formula is C28H24N8O3. The Morgan fingerprint density at radius 3 is 2.62 bits per heavy atom. The minimum absolute atomic E-state index is 0.0863. The molecule has 6 rings (SSSR count). The van der Waals surface area contributed by atoms with Crippen molar-refractivity contribution in [3.8, 4) is 23.0 Å². The summed E-state index contributed by atoms with van der Waals surface area (Å²) in [6.07, 6.45) is 3.22. The number of anilines is 3. The van der Waals surface area contributed by atoms with Gasteiger partial charge in [0.05, 0.1) is 24.3 Å². The van der Waals surface area contributed by atoms with Gasteiger partial charge in [0, 0.05) is 23.6 Å². The van der Waals surface area contributed by atoms with E-state index in [9.17, 15) is 9.90 Å². The van der Waals surface area contributed by atoms with Crippen LogP contribution in [0.2, 0.25) is 0 Å². The van der Waals surface area contributed by atoms with Gasteiger partial charge >= 0.3 is 0 Å². The molecule has 0 saturated carbocycles. The molecule has 3 aromatic heterocycles. The number of benzene rings is 2. The molecule has 0 saturated heterocycles. The fourth-order valence-corrected chi connectivity index (χ4v) is 4.40. The second kappa shape index (κ2) is 10.3. The lowest BCUT2D eigenvalue weighted by Gasteiger charge is -2.19. The number of aromatic nitrogens is 5. The Morgan fingerprint density at radius 2 is 1.82 bits per heavy atom. The third kappa shape index (κ3) is 4.90. The average Bonchev–Trinajstić information content (AvgIpc) is 3.57. The van der Waals surface area contributed by atoms with Gasteiger partial charge in [-0.1, -0.05) is 36.4 Å². The van der Waals surface area contributed by atoms with Crippen LogP contribution in [0.5, 0.6) is 0 Å². The highest BCUT2D eigenvalue weighted by Crippen LogP contribution is 2.32. The predicted octanol–water partition coefficient (Wildman–Crippen LogP) is 4.28. The second-order valence-electron chi connectivity index (χ2n) is 9.00. The molecule has 0 spiro atoms. The Hall–Kier alpha value is -5.16. The molecule has 11 heteroatoms. The lowest BCUT2D eigenvalue weighted by atomic mass is 10.1. The van der Waals surface area contributed by atoms with Gasteiger partial charge in [-0.15, -0.1) is 10.2 Å². The molecule has 1 aliphatic rings. The zero-order valence-electron chi connectivity index (χ0n) is 20.9. The van der Waals surface area contributed by atoms with Crippen LogP contribution >= 0.6 is 0 Å². The summed E-state index contributed by atoms with van der Waals surface area (Å²) in [6, 6.07) is 19.9. The van der Waals surface area contributed by atoms with Gasteiger partial charge in [0.15, 0.2) is 0 Å². The van der Waals surface area contributed by atoms with E-state index in [1.165, 1.54) is 0 Å². The maximum atomic E-state index is 12.1. The Labute approximate surface area is 223 Å². The van der Waals surface area contributed by atoms with Gasteiger partial charge < -0.3 is 25.5 Å². The van der Waals surface area contributed by atoms with E-state index < -0.39 is 6.04 Å². The fourth-order valence-electron chi connectivity index (χ4n) is 4.40. The minimum Gasteiger partial charge on any atom is -0.414 e. The molecular weight excluding hydrogens is 496 g/mol. The van der Waals surface area contributed by atoms with Gasteiger partial charge in [0.25, 0.3) is 17.7 Å². The van der Waals surface area contributed by atoms with Crippen LogP contribution in [-0.2, 0) is 0 Å². The standard InChI is InChI=1S/C28H24N8O3/c1-16-20-13-18(10-11-19(20)25(38)31-16)32-28-30-14-21(26-35-36-27(39-26)22-9-5-6-12-29-22)24(34-28)33-23(15-37)17-7-3-2-4-8-17/h2-14,16,23,37H,15H2,1H3,(H,31,38)(H2,30,32,33,34)/t16?,23-/m1/s1. The van der Waals surface area contributed by atoms with E-state index in [1.807, 2.05) is 49.4 Å². The number of hydrogen-bond acceptors (Lipinski definition) is 10. The van der Waals surface area contributed by atoms with Gasteiger partial charge in [-0.25, -0.2) is 4.98 Å². The van der Waals surface area contributed by atoms with Crippen molar-refractivity contribution >= 4 is 23.4 Å². The smallest absolute Gasteiger partial charge is 0.266 e. The molecule has 4 N–H and O–H groups in total. The molecule has 39 heavy (non-hydrogen) atoms. The number of pyridine rings is 1. The van der Waals surface area contributed by atoms with Gasteiger partial charge in [-0.3, -0.25) is 9.78 Å². The molecule has 5 aromatic rings. The third-order valence-corrected chi connectivity index (χ3v) is 6.39. The van der Waals surface area contributed by atoms with Gasteiger partial charge in [-0.05, 0) is 48.4 Å². The number of aliphatic hydroxyl groups excluding tert-OH is 1. The molecule has 0 bridgehead atoms. The molecule has 1 amide bonds. The van der Waals surface area contributed by atoms with Crippen LogP contribution in [0.15, 0.2) is 83.5 Å². The summed E-state index contributed by atoms with van der Waals surface area (Å²) in [4.78, 5) is 25.5. The first-order valence-corrected chi connectivity index (χ1v) is 12.4. The van der Waals surface area contributed by atoms with Crippen molar-refractivity contribution in [2.24, 2.45) is 0 Å². The predicted molar refractivity (Wildman–Crippen MR) is 144 cm³/mol. The summed E-state index contributed by atoms with van der Waals surface area (Å²) in [5.41, 5.74) is 4.16. The first-order valence-electron chi connectivity index (χ1n) is 12.4. The number of hydrogen-bond donors (Lipinski definition) is 4. The number of fused-ring (bicyclic) bond motifs is 1. The van der Waals surface area contributed by atoms with E-state index in [1.54, 1.807) is 36.7 Å². The molecule has 0 radical (unpaired) electrons.